The summed E-state index contributed by atoms with van der Waals surface area (Å²) in [4.78, 5) is 4.71. The van der Waals surface area contributed by atoms with Gasteiger partial charge in [0.25, 0.3) is 0 Å². The number of rotatable bonds is 6. The van der Waals surface area contributed by atoms with Crippen molar-refractivity contribution in [3.05, 3.63) is 205 Å². The molecule has 4 heteroatoms. The van der Waals surface area contributed by atoms with Crippen LogP contribution in [0.2, 0.25) is 0 Å². The van der Waals surface area contributed by atoms with Crippen LogP contribution in [0.4, 0.5) is 34.1 Å². The quantitative estimate of drug-likeness (QED) is 0.167. The molecule has 1 aliphatic rings. The highest BCUT2D eigenvalue weighted by molar-refractivity contribution is 6.14. The minimum Gasteiger partial charge on any atom is -0.454 e. The van der Waals surface area contributed by atoms with Crippen LogP contribution >= 0.6 is 0 Å². The summed E-state index contributed by atoms with van der Waals surface area (Å²) in [6.07, 6.45) is 0. The molecule has 2 heterocycles. The van der Waals surface area contributed by atoms with E-state index in [9.17, 15) is 0 Å². The maximum Gasteiger partial charge on any atom is 0.159 e. The number of hydrogen-bond acceptors (Lipinski definition) is 4. The molecule has 0 spiro atoms. The Bertz CT molecular complexity index is 3730. The number of anilines is 6. The maximum atomic E-state index is 6.66. The van der Waals surface area contributed by atoms with Crippen LogP contribution in [-0.4, -0.2) is 0 Å². The minimum absolute atomic E-state index is 0.0397. The summed E-state index contributed by atoms with van der Waals surface area (Å²) in [5.41, 5.74) is 17.7. The van der Waals surface area contributed by atoms with E-state index in [0.717, 1.165) is 78.0 Å². The lowest BCUT2D eigenvalue weighted by molar-refractivity contribution is 0.590. The second kappa shape index (κ2) is 14.7. The van der Waals surface area contributed by atoms with Crippen molar-refractivity contribution in [1.82, 2.24) is 0 Å². The second-order valence-electron chi connectivity index (χ2n) is 20.6. The minimum atomic E-state index is 0.0397. The van der Waals surface area contributed by atoms with Gasteiger partial charge in [0, 0.05) is 44.3 Å². The molecule has 0 aliphatic heterocycles. The highest BCUT2D eigenvalue weighted by Gasteiger charge is 2.27. The van der Waals surface area contributed by atoms with Gasteiger partial charge in [-0.2, -0.15) is 0 Å². The van der Waals surface area contributed by atoms with Crippen LogP contribution in [0.5, 0.6) is 0 Å². The van der Waals surface area contributed by atoms with Crippen LogP contribution in [0.25, 0.3) is 87.7 Å². The molecule has 0 saturated heterocycles. The third-order valence-electron chi connectivity index (χ3n) is 14.2. The SMILES string of the molecule is CC(C)(C)c1ccc(N(c2ccc3cc4c(cc3c2)-c2cc3cc(N(c5ccc(C(C)(C)C)cc5)c5cccc6c5oc5ccccc56)ccc3cc2-4)c2cccc3c2oc2ccccc23)cc1. The van der Waals surface area contributed by atoms with Gasteiger partial charge < -0.3 is 18.6 Å². The van der Waals surface area contributed by atoms with E-state index in [1.807, 2.05) is 12.1 Å². The Hall–Kier alpha value is -8.08. The Kier molecular flexibility index (Phi) is 8.70. The number of fused-ring (bicyclic) bond motifs is 12. The van der Waals surface area contributed by atoms with Crippen molar-refractivity contribution in [1.29, 1.82) is 0 Å². The first-order chi connectivity index (χ1) is 32.9. The molecule has 13 rings (SSSR count). The number of nitrogens with zero attached hydrogens (tertiary/aromatic N) is 2. The van der Waals surface area contributed by atoms with Crippen molar-refractivity contribution in [2.45, 2.75) is 52.4 Å². The smallest absolute Gasteiger partial charge is 0.159 e. The van der Waals surface area contributed by atoms with Crippen LogP contribution in [0.15, 0.2) is 203 Å². The molecule has 0 saturated carbocycles. The maximum absolute atomic E-state index is 6.66. The topological polar surface area (TPSA) is 32.8 Å². The fourth-order valence-electron chi connectivity index (χ4n) is 10.6. The van der Waals surface area contributed by atoms with E-state index >= 15 is 0 Å². The molecule has 0 radical (unpaired) electrons. The summed E-state index contributed by atoms with van der Waals surface area (Å²) in [6, 6.07) is 70.9. The molecule has 12 aromatic rings. The summed E-state index contributed by atoms with van der Waals surface area (Å²) in [7, 11) is 0. The van der Waals surface area contributed by atoms with Crippen molar-refractivity contribution < 1.29 is 8.83 Å². The number of furan rings is 2. The summed E-state index contributed by atoms with van der Waals surface area (Å²) in [5.74, 6) is 0. The average Bonchev–Trinajstić information content (AvgIpc) is 3.93. The highest BCUT2D eigenvalue weighted by atomic mass is 16.3. The molecule has 0 fully saturated rings. The van der Waals surface area contributed by atoms with Gasteiger partial charge in [-0.3, -0.25) is 0 Å². The van der Waals surface area contributed by atoms with Crippen molar-refractivity contribution in [2.75, 3.05) is 9.80 Å². The summed E-state index contributed by atoms with van der Waals surface area (Å²) in [6.45, 7) is 13.6. The van der Waals surface area contributed by atoms with Gasteiger partial charge in [-0.25, -0.2) is 0 Å². The summed E-state index contributed by atoms with van der Waals surface area (Å²) < 4.78 is 13.3. The van der Waals surface area contributed by atoms with Crippen molar-refractivity contribution in [3.63, 3.8) is 0 Å². The first kappa shape index (κ1) is 40.2. The van der Waals surface area contributed by atoms with Gasteiger partial charge in [0.1, 0.15) is 11.2 Å². The van der Waals surface area contributed by atoms with E-state index < -0.39 is 0 Å². The van der Waals surface area contributed by atoms with Gasteiger partial charge in [-0.1, -0.05) is 139 Å². The molecule has 4 nitrogen and oxygen atoms in total. The number of para-hydroxylation sites is 4. The van der Waals surface area contributed by atoms with Crippen LogP contribution < -0.4 is 9.80 Å². The Morgan fingerprint density at radius 3 is 1.06 bits per heavy atom. The molecule has 1 aliphatic carbocycles. The molecule has 0 bridgehead atoms. The zero-order valence-electron chi connectivity index (χ0n) is 39.2. The van der Waals surface area contributed by atoms with Crippen molar-refractivity contribution >= 4 is 99.5 Å². The summed E-state index contributed by atoms with van der Waals surface area (Å²) >= 11 is 0. The Morgan fingerprint density at radius 2 is 0.662 bits per heavy atom. The van der Waals surface area contributed by atoms with Gasteiger partial charge in [-0.15, -0.1) is 0 Å². The second-order valence-corrected chi connectivity index (χ2v) is 20.6. The van der Waals surface area contributed by atoms with E-state index in [4.69, 9.17) is 8.83 Å². The van der Waals surface area contributed by atoms with E-state index in [-0.39, 0.29) is 10.8 Å². The Morgan fingerprint density at radius 1 is 0.309 bits per heavy atom. The third-order valence-corrected chi connectivity index (χ3v) is 14.2. The van der Waals surface area contributed by atoms with Crippen molar-refractivity contribution in [2.24, 2.45) is 0 Å². The molecule has 0 atom stereocenters. The molecular formula is C64H50N2O2. The van der Waals surface area contributed by atoms with Crippen molar-refractivity contribution in [3.8, 4) is 22.3 Å². The van der Waals surface area contributed by atoms with Crippen LogP contribution in [0.3, 0.4) is 0 Å². The monoisotopic (exact) mass is 878 g/mol. The van der Waals surface area contributed by atoms with Crippen LogP contribution in [-0.2, 0) is 10.8 Å². The lowest BCUT2D eigenvalue weighted by Gasteiger charge is -2.29. The van der Waals surface area contributed by atoms with E-state index in [1.54, 1.807) is 0 Å². The predicted octanol–water partition coefficient (Wildman–Crippen LogP) is 19.0. The van der Waals surface area contributed by atoms with Gasteiger partial charge in [0.15, 0.2) is 11.2 Å². The summed E-state index contributed by atoms with van der Waals surface area (Å²) in [5, 5.41) is 9.27. The zero-order valence-corrected chi connectivity index (χ0v) is 39.2. The van der Waals surface area contributed by atoms with E-state index in [2.05, 4.69) is 233 Å². The first-order valence-electron chi connectivity index (χ1n) is 23.7. The molecule has 0 amide bonds. The largest absolute Gasteiger partial charge is 0.454 e. The standard InChI is InChI=1S/C64H50N2O2/c1-63(2,3)43-23-29-45(30-24-43)65(57-17-11-15-51-49-13-7-9-19-59(49)67-61(51)57)47-27-21-39-35-53-54-36-40-22-28-48(34-42(40)38-56(54)55(53)37-41(39)33-47)66(46-31-25-44(26-32-46)64(4,5)6)58-18-12-16-52-50-14-8-10-20-60(50)68-62(52)58/h7-38H,1-6H3. The number of benzene rings is 10. The molecule has 0 N–H and O–H groups in total. The lowest BCUT2D eigenvalue weighted by atomic mass is 9.78. The molecular weight excluding hydrogens is 829 g/mol. The van der Waals surface area contributed by atoms with E-state index in [1.165, 1.54) is 54.9 Å². The average molecular weight is 879 g/mol. The molecule has 10 aromatic carbocycles. The highest BCUT2D eigenvalue weighted by Crippen LogP contribution is 2.52. The van der Waals surface area contributed by atoms with Gasteiger partial charge >= 0.3 is 0 Å². The van der Waals surface area contributed by atoms with Gasteiger partial charge in [-0.05, 0) is 163 Å². The predicted molar refractivity (Wildman–Crippen MR) is 287 cm³/mol. The first-order valence-corrected chi connectivity index (χ1v) is 23.7. The fourth-order valence-corrected chi connectivity index (χ4v) is 10.6. The third kappa shape index (κ3) is 6.35. The van der Waals surface area contributed by atoms with E-state index in [0.29, 0.717) is 0 Å². The van der Waals surface area contributed by atoms with Crippen LogP contribution in [0, 0.1) is 0 Å². The lowest BCUT2D eigenvalue weighted by Crippen LogP contribution is -2.13. The molecule has 2 aromatic heterocycles. The van der Waals surface area contributed by atoms with Crippen LogP contribution in [0.1, 0.15) is 52.7 Å². The molecule has 0 unspecified atom stereocenters. The Balaban J connectivity index is 0.927. The van der Waals surface area contributed by atoms with Gasteiger partial charge in [0.2, 0.25) is 0 Å². The normalized spacial score (nSPS) is 12.6. The fraction of sp³-hybridized carbons (Fsp3) is 0.125. The number of hydrogen-bond donors (Lipinski definition) is 0. The molecule has 68 heavy (non-hydrogen) atoms. The zero-order chi connectivity index (χ0) is 46.1. The van der Waals surface area contributed by atoms with Gasteiger partial charge in [0.05, 0.1) is 11.4 Å². The Labute approximate surface area is 396 Å². The molecule has 328 valence electrons.